The van der Waals surface area contributed by atoms with Crippen LogP contribution in [0.1, 0.15) is 155 Å². The molecule has 270 valence electrons. The highest BCUT2D eigenvalue weighted by Crippen LogP contribution is 2.43. The Morgan fingerprint density at radius 2 is 0.857 bits per heavy atom. The number of amides is 4. The van der Waals surface area contributed by atoms with Crippen LogP contribution in [-0.4, -0.2) is 36.8 Å². The second-order valence-electron chi connectivity index (χ2n) is 11.8. The maximum Gasteiger partial charge on any atom is 0.283 e. The lowest BCUT2D eigenvalue weighted by molar-refractivity contribution is 0.0848. The van der Waals surface area contributed by atoms with Gasteiger partial charge in [0.1, 0.15) is 9.75 Å². The predicted molar refractivity (Wildman–Crippen MR) is 199 cm³/mol. The Morgan fingerprint density at radius 1 is 0.510 bits per heavy atom. The Morgan fingerprint density at radius 3 is 1.20 bits per heavy atom. The van der Waals surface area contributed by atoms with Crippen LogP contribution in [0.5, 0.6) is 11.5 Å². The number of carbonyl (C=O) groups excluding carboxylic acids is 4. The predicted octanol–water partition coefficient (Wildman–Crippen LogP) is 9.06. The number of hydrogen-bond donors (Lipinski definition) is 4. The second-order valence-corrected chi connectivity index (χ2v) is 14.8. The van der Waals surface area contributed by atoms with Gasteiger partial charge in [-0.3, -0.25) is 40.9 Å². The molecule has 0 aliphatic heterocycles. The molecule has 3 aromatic heterocycles. The topological polar surface area (TPSA) is 135 Å². The fourth-order valence-electron chi connectivity index (χ4n) is 5.06. The van der Waals surface area contributed by atoms with Crippen molar-refractivity contribution in [1.29, 1.82) is 0 Å². The number of unbranched alkanes of at least 4 members (excludes halogenated alkanes) is 14. The molecule has 3 aromatic rings. The molecule has 0 aliphatic carbocycles. The Bertz CT molecular complexity index is 1290. The van der Waals surface area contributed by atoms with Crippen molar-refractivity contribution in [1.82, 2.24) is 21.7 Å². The van der Waals surface area contributed by atoms with E-state index in [4.69, 9.17) is 9.47 Å². The summed E-state index contributed by atoms with van der Waals surface area (Å²) in [5.41, 5.74) is 9.80. The number of ether oxygens (including phenoxy) is 2. The van der Waals surface area contributed by atoms with Crippen molar-refractivity contribution in [3.63, 3.8) is 0 Å². The molecule has 0 spiro atoms. The standard InChI is InChI=1S/C36H52N4O6S3/c1-3-5-7-9-11-13-15-17-23-45-29-30(46-24-18-16-14-12-10-8-6-4-2)32(36(44)40-38-34(42)28-22-20-26-48-28)49-31(29)35(43)39-37-33(41)27-21-19-25-47-27/h19-22,25-26H,3-18,23-24H2,1-2H3,(H,37,41)(H,38,42)(H,39,43)(H,40,44). The smallest absolute Gasteiger partial charge is 0.283 e. The molecule has 0 saturated carbocycles. The van der Waals surface area contributed by atoms with Crippen molar-refractivity contribution in [2.75, 3.05) is 13.2 Å². The van der Waals surface area contributed by atoms with Crippen LogP contribution in [0.15, 0.2) is 35.0 Å². The van der Waals surface area contributed by atoms with Crippen molar-refractivity contribution in [3.8, 4) is 11.5 Å². The number of thiophene rings is 3. The van der Waals surface area contributed by atoms with Crippen LogP contribution >= 0.6 is 34.0 Å². The Hall–Kier alpha value is -3.42. The molecule has 0 aromatic carbocycles. The maximum absolute atomic E-state index is 13.5. The molecule has 3 rings (SSSR count). The summed E-state index contributed by atoms with van der Waals surface area (Å²) in [6.45, 7) is 5.07. The number of carbonyl (C=O) groups is 4. The Balaban J connectivity index is 1.74. The van der Waals surface area contributed by atoms with E-state index in [0.717, 1.165) is 49.9 Å². The van der Waals surface area contributed by atoms with Crippen molar-refractivity contribution >= 4 is 57.6 Å². The van der Waals surface area contributed by atoms with Gasteiger partial charge in [-0.25, -0.2) is 0 Å². The quantitative estimate of drug-likeness (QED) is 0.0536. The van der Waals surface area contributed by atoms with Gasteiger partial charge in [0.15, 0.2) is 11.5 Å². The Kier molecular flexibility index (Phi) is 19.5. The lowest BCUT2D eigenvalue weighted by Crippen LogP contribution is -2.41. The van der Waals surface area contributed by atoms with E-state index in [1.807, 2.05) is 0 Å². The zero-order valence-electron chi connectivity index (χ0n) is 28.9. The van der Waals surface area contributed by atoms with Gasteiger partial charge < -0.3 is 9.47 Å². The van der Waals surface area contributed by atoms with Crippen LogP contribution in [0.25, 0.3) is 0 Å². The molecule has 49 heavy (non-hydrogen) atoms. The molecular formula is C36H52N4O6S3. The molecule has 0 unspecified atom stereocenters. The normalized spacial score (nSPS) is 10.8. The number of hydrogen-bond acceptors (Lipinski definition) is 9. The zero-order chi connectivity index (χ0) is 35.1. The summed E-state index contributed by atoms with van der Waals surface area (Å²) < 4.78 is 12.4. The number of nitrogens with one attached hydrogen (secondary N) is 4. The molecule has 0 aliphatic rings. The van der Waals surface area contributed by atoms with Gasteiger partial charge in [0.25, 0.3) is 23.6 Å². The van der Waals surface area contributed by atoms with Crippen molar-refractivity contribution in [2.24, 2.45) is 0 Å². The highest BCUT2D eigenvalue weighted by molar-refractivity contribution is 7.16. The summed E-state index contributed by atoms with van der Waals surface area (Å²) in [5.74, 6) is -1.88. The molecule has 10 nitrogen and oxygen atoms in total. The van der Waals surface area contributed by atoms with Gasteiger partial charge >= 0.3 is 0 Å². The van der Waals surface area contributed by atoms with Crippen molar-refractivity contribution < 1.29 is 28.7 Å². The average molecular weight is 733 g/mol. The van der Waals surface area contributed by atoms with E-state index in [2.05, 4.69) is 35.6 Å². The first-order chi connectivity index (χ1) is 24.0. The highest BCUT2D eigenvalue weighted by Gasteiger charge is 2.30. The van der Waals surface area contributed by atoms with Gasteiger partial charge in [-0.05, 0) is 35.7 Å². The minimum atomic E-state index is -0.639. The van der Waals surface area contributed by atoms with E-state index in [1.165, 1.54) is 86.9 Å². The third-order valence-corrected chi connectivity index (χ3v) is 10.7. The minimum Gasteiger partial charge on any atom is -0.488 e. The average Bonchev–Trinajstić information content (AvgIpc) is 3.90. The first-order valence-electron chi connectivity index (χ1n) is 17.7. The summed E-state index contributed by atoms with van der Waals surface area (Å²) in [6, 6.07) is 6.80. The monoisotopic (exact) mass is 732 g/mol. The second kappa shape index (κ2) is 23.9. The fourth-order valence-corrected chi connectivity index (χ4v) is 7.28. The van der Waals surface area contributed by atoms with E-state index in [1.54, 1.807) is 35.0 Å². The highest BCUT2D eigenvalue weighted by atomic mass is 32.1. The van der Waals surface area contributed by atoms with Crippen LogP contribution in [0.4, 0.5) is 0 Å². The first-order valence-corrected chi connectivity index (χ1v) is 20.2. The summed E-state index contributed by atoms with van der Waals surface area (Å²) in [5, 5.41) is 3.54. The molecule has 0 saturated heterocycles. The SMILES string of the molecule is CCCCCCCCCCOc1c(C(=O)NNC(=O)c2cccs2)sc(C(=O)NNC(=O)c2cccs2)c1OCCCCCCCCCC. The fraction of sp³-hybridized carbons (Fsp3) is 0.556. The van der Waals surface area contributed by atoms with Crippen molar-refractivity contribution in [3.05, 3.63) is 54.5 Å². The largest absolute Gasteiger partial charge is 0.488 e. The van der Waals surface area contributed by atoms with Gasteiger partial charge in [-0.15, -0.1) is 34.0 Å². The summed E-state index contributed by atoms with van der Waals surface area (Å²) >= 11 is 3.39. The minimum absolute atomic E-state index is 0.0895. The van der Waals surface area contributed by atoms with Gasteiger partial charge in [0, 0.05) is 0 Å². The lowest BCUT2D eigenvalue weighted by atomic mass is 10.1. The van der Waals surface area contributed by atoms with Gasteiger partial charge in [0.05, 0.1) is 23.0 Å². The first kappa shape index (κ1) is 40.0. The molecule has 4 N–H and O–H groups in total. The van der Waals surface area contributed by atoms with Crippen LogP contribution in [0.2, 0.25) is 0 Å². The van der Waals surface area contributed by atoms with Gasteiger partial charge in [0.2, 0.25) is 0 Å². The van der Waals surface area contributed by atoms with E-state index in [0.29, 0.717) is 23.0 Å². The molecule has 4 amide bonds. The molecular weight excluding hydrogens is 681 g/mol. The Labute approximate surface area is 302 Å². The third-order valence-electron chi connectivity index (χ3n) is 7.79. The summed E-state index contributed by atoms with van der Waals surface area (Å²) in [6.07, 6.45) is 17.9. The van der Waals surface area contributed by atoms with E-state index >= 15 is 0 Å². The number of rotatable bonds is 24. The molecule has 0 atom stereocenters. The molecule has 3 heterocycles. The zero-order valence-corrected chi connectivity index (χ0v) is 31.3. The van der Waals surface area contributed by atoms with Crippen LogP contribution in [-0.2, 0) is 0 Å². The maximum atomic E-state index is 13.5. The van der Waals surface area contributed by atoms with E-state index in [-0.39, 0.29) is 21.3 Å². The summed E-state index contributed by atoms with van der Waals surface area (Å²) in [7, 11) is 0. The van der Waals surface area contributed by atoms with Crippen LogP contribution < -0.4 is 31.2 Å². The van der Waals surface area contributed by atoms with E-state index in [9.17, 15) is 19.2 Å². The van der Waals surface area contributed by atoms with Gasteiger partial charge in [-0.1, -0.05) is 116 Å². The van der Waals surface area contributed by atoms with Crippen molar-refractivity contribution in [2.45, 2.75) is 117 Å². The molecule has 0 radical (unpaired) electrons. The van der Waals surface area contributed by atoms with E-state index < -0.39 is 23.6 Å². The van der Waals surface area contributed by atoms with Gasteiger partial charge in [-0.2, -0.15) is 0 Å². The molecule has 0 bridgehead atoms. The van der Waals surface area contributed by atoms with Crippen LogP contribution in [0.3, 0.4) is 0 Å². The molecule has 13 heteroatoms. The van der Waals surface area contributed by atoms with Crippen LogP contribution in [0, 0.1) is 0 Å². The third kappa shape index (κ3) is 14.5. The number of hydrazine groups is 2. The lowest BCUT2D eigenvalue weighted by Gasteiger charge is -2.13. The summed E-state index contributed by atoms with van der Waals surface area (Å²) in [4.78, 5) is 53.1. The molecule has 0 fully saturated rings.